The molecule has 1 N–H and O–H groups in total. The molecule has 1 amide bonds. The maximum atomic E-state index is 13.1. The topological polar surface area (TPSA) is 72.7 Å². The third kappa shape index (κ3) is 2.23. The van der Waals surface area contributed by atoms with Gasteiger partial charge < -0.3 is 0 Å². The van der Waals surface area contributed by atoms with Crippen LogP contribution >= 0.6 is 11.3 Å². The zero-order valence-corrected chi connectivity index (χ0v) is 15.0. The Labute approximate surface area is 143 Å². The molecule has 0 radical (unpaired) electrons. The summed E-state index contributed by atoms with van der Waals surface area (Å²) in [7, 11) is 1.87. The summed E-state index contributed by atoms with van der Waals surface area (Å²) >= 11 is 1.51. The lowest BCUT2D eigenvalue weighted by atomic mass is 10.0. The molecule has 3 aromatic heterocycles. The predicted octanol–water partition coefficient (Wildman–Crippen LogP) is 3.09. The molecule has 0 fully saturated rings. The first kappa shape index (κ1) is 15.3. The van der Waals surface area contributed by atoms with Crippen LogP contribution in [-0.2, 0) is 19.9 Å². The number of hydrogen-bond acceptors (Lipinski definition) is 5. The number of carbonyl (C=O) groups excluding carboxylic acids is 1. The van der Waals surface area contributed by atoms with Crippen molar-refractivity contribution in [3.8, 4) is 0 Å². The summed E-state index contributed by atoms with van der Waals surface area (Å²) in [6.45, 7) is 5.89. The van der Waals surface area contributed by atoms with Crippen molar-refractivity contribution in [2.45, 2.75) is 40.0 Å². The Morgan fingerprint density at radius 3 is 2.67 bits per heavy atom. The van der Waals surface area contributed by atoms with Crippen LogP contribution in [0.3, 0.4) is 0 Å². The van der Waals surface area contributed by atoms with Gasteiger partial charge in [0.25, 0.3) is 5.91 Å². The molecule has 1 aliphatic rings. The molecule has 0 aliphatic heterocycles. The molecule has 0 unspecified atom stereocenters. The molecule has 7 heteroatoms. The highest BCUT2D eigenvalue weighted by Crippen LogP contribution is 2.32. The van der Waals surface area contributed by atoms with Gasteiger partial charge in [0, 0.05) is 17.6 Å². The standard InChI is InChI=1S/C17H19N5OS/c1-8-10(3)24-17(18-8)20-16(23)14-11-6-5-7-12(11)19-15-13(14)9(2)21-22(15)4/h5-7H2,1-4H3,(H,18,20,23). The van der Waals surface area contributed by atoms with Crippen molar-refractivity contribution in [2.75, 3.05) is 5.32 Å². The number of thiazole rings is 1. The second kappa shape index (κ2) is 5.37. The van der Waals surface area contributed by atoms with Crippen LogP contribution in [0, 0.1) is 20.8 Å². The molecule has 0 atom stereocenters. The second-order valence-electron chi connectivity index (χ2n) is 6.29. The summed E-state index contributed by atoms with van der Waals surface area (Å²) in [5.74, 6) is -0.106. The zero-order valence-electron chi connectivity index (χ0n) is 14.2. The number of nitrogens with one attached hydrogen (secondary N) is 1. The summed E-state index contributed by atoms with van der Waals surface area (Å²) in [5, 5.41) is 8.95. The van der Waals surface area contributed by atoms with E-state index in [2.05, 4.69) is 15.4 Å². The van der Waals surface area contributed by atoms with Crippen LogP contribution < -0.4 is 5.32 Å². The third-order valence-electron chi connectivity index (χ3n) is 4.65. The van der Waals surface area contributed by atoms with Crippen molar-refractivity contribution in [3.63, 3.8) is 0 Å². The number of nitrogens with zero attached hydrogens (tertiary/aromatic N) is 4. The number of aryl methyl sites for hydroxylation is 5. The molecule has 0 aromatic carbocycles. The Morgan fingerprint density at radius 1 is 1.17 bits per heavy atom. The van der Waals surface area contributed by atoms with Crippen LogP contribution in [0.15, 0.2) is 0 Å². The van der Waals surface area contributed by atoms with Crippen LogP contribution in [0.5, 0.6) is 0 Å². The molecule has 0 saturated carbocycles. The first-order valence-corrected chi connectivity index (χ1v) is 8.87. The molecular formula is C17H19N5OS. The van der Waals surface area contributed by atoms with Crippen LogP contribution in [-0.4, -0.2) is 25.7 Å². The van der Waals surface area contributed by atoms with Crippen molar-refractivity contribution in [3.05, 3.63) is 33.1 Å². The van der Waals surface area contributed by atoms with E-state index in [1.165, 1.54) is 11.3 Å². The summed E-state index contributed by atoms with van der Waals surface area (Å²) in [6.07, 6.45) is 2.86. The largest absolute Gasteiger partial charge is 0.298 e. The molecule has 1 aliphatic carbocycles. The average molecular weight is 341 g/mol. The highest BCUT2D eigenvalue weighted by Gasteiger charge is 2.27. The molecule has 3 aromatic rings. The third-order valence-corrected chi connectivity index (χ3v) is 5.64. The zero-order chi connectivity index (χ0) is 17.0. The number of rotatable bonds is 2. The second-order valence-corrected chi connectivity index (χ2v) is 7.49. The fourth-order valence-electron chi connectivity index (χ4n) is 3.40. The van der Waals surface area contributed by atoms with Gasteiger partial charge in [0.1, 0.15) is 0 Å². The Balaban J connectivity index is 1.87. The van der Waals surface area contributed by atoms with Crippen LogP contribution in [0.2, 0.25) is 0 Å². The predicted molar refractivity (Wildman–Crippen MR) is 94.8 cm³/mol. The fourth-order valence-corrected chi connectivity index (χ4v) is 4.21. The minimum absolute atomic E-state index is 0.106. The van der Waals surface area contributed by atoms with E-state index in [0.29, 0.717) is 5.13 Å². The Morgan fingerprint density at radius 2 is 1.96 bits per heavy atom. The summed E-state index contributed by atoms with van der Waals surface area (Å²) < 4.78 is 1.76. The quantitative estimate of drug-likeness (QED) is 0.777. The van der Waals surface area contributed by atoms with Gasteiger partial charge in [-0.3, -0.25) is 14.8 Å². The number of hydrogen-bond donors (Lipinski definition) is 1. The number of anilines is 1. The van der Waals surface area contributed by atoms with Crippen molar-refractivity contribution in [2.24, 2.45) is 7.05 Å². The van der Waals surface area contributed by atoms with E-state index in [1.807, 2.05) is 27.8 Å². The highest BCUT2D eigenvalue weighted by atomic mass is 32.1. The summed E-state index contributed by atoms with van der Waals surface area (Å²) in [4.78, 5) is 23.4. The molecule has 0 spiro atoms. The van der Waals surface area contributed by atoms with Crippen LogP contribution in [0.4, 0.5) is 5.13 Å². The van der Waals surface area contributed by atoms with E-state index < -0.39 is 0 Å². The van der Waals surface area contributed by atoms with Crippen molar-refractivity contribution < 1.29 is 4.79 Å². The number of aromatic nitrogens is 4. The van der Waals surface area contributed by atoms with Gasteiger partial charge in [-0.2, -0.15) is 5.10 Å². The van der Waals surface area contributed by atoms with Crippen molar-refractivity contribution in [1.29, 1.82) is 0 Å². The molecule has 6 nitrogen and oxygen atoms in total. The van der Waals surface area contributed by atoms with E-state index >= 15 is 0 Å². The van der Waals surface area contributed by atoms with E-state index in [-0.39, 0.29) is 5.91 Å². The number of amides is 1. The smallest absolute Gasteiger partial charge is 0.258 e. The van der Waals surface area contributed by atoms with Gasteiger partial charge in [-0.05, 0) is 45.6 Å². The lowest BCUT2D eigenvalue weighted by Crippen LogP contribution is -2.16. The van der Waals surface area contributed by atoms with E-state index in [9.17, 15) is 4.79 Å². The summed E-state index contributed by atoms with van der Waals surface area (Å²) in [6, 6.07) is 0. The van der Waals surface area contributed by atoms with Crippen molar-refractivity contribution >= 4 is 33.4 Å². The van der Waals surface area contributed by atoms with E-state index in [4.69, 9.17) is 4.98 Å². The van der Waals surface area contributed by atoms with Crippen LogP contribution in [0.1, 0.15) is 44.3 Å². The van der Waals surface area contributed by atoms with Gasteiger partial charge in [0.2, 0.25) is 0 Å². The minimum Gasteiger partial charge on any atom is -0.298 e. The van der Waals surface area contributed by atoms with Gasteiger partial charge >= 0.3 is 0 Å². The normalized spacial score (nSPS) is 13.5. The first-order valence-electron chi connectivity index (χ1n) is 8.06. The number of pyridine rings is 1. The summed E-state index contributed by atoms with van der Waals surface area (Å²) in [5.41, 5.74) is 5.40. The molecule has 4 rings (SSSR count). The maximum Gasteiger partial charge on any atom is 0.258 e. The molecule has 3 heterocycles. The average Bonchev–Trinajstić information content (AvgIpc) is 3.18. The maximum absolute atomic E-state index is 13.1. The number of carbonyl (C=O) groups is 1. The molecular weight excluding hydrogens is 322 g/mol. The van der Waals surface area contributed by atoms with Gasteiger partial charge in [-0.15, -0.1) is 11.3 Å². The van der Waals surface area contributed by atoms with Gasteiger partial charge in [0.05, 0.1) is 22.3 Å². The molecule has 24 heavy (non-hydrogen) atoms. The first-order chi connectivity index (χ1) is 11.5. The van der Waals surface area contributed by atoms with E-state index in [1.54, 1.807) is 4.68 Å². The van der Waals surface area contributed by atoms with Crippen LogP contribution in [0.25, 0.3) is 11.0 Å². The lowest BCUT2D eigenvalue weighted by molar-refractivity contribution is 0.102. The highest BCUT2D eigenvalue weighted by molar-refractivity contribution is 7.15. The Kier molecular flexibility index (Phi) is 3.42. The molecule has 124 valence electrons. The van der Waals surface area contributed by atoms with Gasteiger partial charge in [-0.1, -0.05) is 0 Å². The SMILES string of the molecule is Cc1nc(NC(=O)c2c3c(nc4c2c(C)nn4C)CCC3)sc1C. The molecule has 0 bridgehead atoms. The molecule has 0 saturated heterocycles. The minimum atomic E-state index is -0.106. The van der Waals surface area contributed by atoms with Gasteiger partial charge in [0.15, 0.2) is 10.8 Å². The monoisotopic (exact) mass is 341 g/mol. The van der Waals surface area contributed by atoms with Crippen molar-refractivity contribution in [1.82, 2.24) is 19.7 Å². The lowest BCUT2D eigenvalue weighted by Gasteiger charge is -2.10. The Hall–Kier alpha value is -2.28. The fraction of sp³-hybridized carbons (Fsp3) is 0.412. The Bertz CT molecular complexity index is 965. The van der Waals surface area contributed by atoms with E-state index in [0.717, 1.165) is 63.4 Å². The number of fused-ring (bicyclic) bond motifs is 2. The van der Waals surface area contributed by atoms with Gasteiger partial charge in [-0.25, -0.2) is 9.97 Å².